The largest absolute Gasteiger partial charge is 0.507 e. The van der Waals surface area contributed by atoms with Crippen LogP contribution in [0.2, 0.25) is 0 Å². The van der Waals surface area contributed by atoms with Gasteiger partial charge in [0.1, 0.15) is 11.5 Å². The molecule has 4 nitrogen and oxygen atoms in total. The summed E-state index contributed by atoms with van der Waals surface area (Å²) in [5.41, 5.74) is 9.79. The number of aromatic hydroxyl groups is 2. The first-order valence-corrected chi connectivity index (χ1v) is 11.7. The Morgan fingerprint density at radius 2 is 1.03 bits per heavy atom. The van der Waals surface area contributed by atoms with E-state index in [-0.39, 0.29) is 11.5 Å². The second kappa shape index (κ2) is 10.4. The molecule has 0 unspecified atom stereocenters. The lowest BCUT2D eigenvalue weighted by atomic mass is 10.0. The van der Waals surface area contributed by atoms with Gasteiger partial charge in [-0.3, -0.25) is 9.98 Å². The fourth-order valence-electron chi connectivity index (χ4n) is 3.90. The Morgan fingerprint density at radius 3 is 1.46 bits per heavy atom. The van der Waals surface area contributed by atoms with E-state index >= 15 is 0 Å². The lowest BCUT2D eigenvalue weighted by Crippen LogP contribution is -1.93. The van der Waals surface area contributed by atoms with E-state index in [1.165, 1.54) is 11.1 Å². The van der Waals surface area contributed by atoms with Gasteiger partial charge in [-0.25, -0.2) is 0 Å². The molecule has 0 aliphatic carbocycles. The first-order valence-electron chi connectivity index (χ1n) is 11.7. The zero-order chi connectivity index (χ0) is 24.9. The molecule has 4 rings (SSSR count). The summed E-state index contributed by atoms with van der Waals surface area (Å²) < 4.78 is 0. The number of aliphatic imine (C=N–C) groups is 2. The molecule has 4 heteroatoms. The monoisotopic (exact) mass is 462 g/mol. The number of nitrogens with zero attached hydrogens (tertiary/aromatic N) is 2. The van der Waals surface area contributed by atoms with Gasteiger partial charge in [-0.05, 0) is 104 Å². The Kier molecular flexibility index (Phi) is 7.11. The molecule has 0 aliphatic heterocycles. The average molecular weight is 463 g/mol. The van der Waals surface area contributed by atoms with Crippen LogP contribution in [-0.4, -0.2) is 22.6 Å². The summed E-state index contributed by atoms with van der Waals surface area (Å²) in [5, 5.41) is 20.7. The van der Waals surface area contributed by atoms with Gasteiger partial charge in [-0.1, -0.05) is 36.4 Å². The van der Waals surface area contributed by atoms with E-state index in [0.29, 0.717) is 17.5 Å². The Bertz CT molecular complexity index is 1330. The minimum atomic E-state index is 0.190. The predicted octanol–water partition coefficient (Wildman–Crippen LogP) is 7.42. The molecule has 0 saturated heterocycles. The maximum Gasteiger partial charge on any atom is 0.124 e. The highest BCUT2D eigenvalue weighted by molar-refractivity contribution is 5.87. The van der Waals surface area contributed by atoms with Crippen molar-refractivity contribution in [3.63, 3.8) is 0 Å². The van der Waals surface area contributed by atoms with E-state index in [1.807, 2.05) is 62.4 Å². The molecule has 2 N–H and O–H groups in total. The number of hydrogen-bond acceptors (Lipinski definition) is 4. The quantitative estimate of drug-likeness (QED) is 0.293. The van der Waals surface area contributed by atoms with Crippen LogP contribution in [0.3, 0.4) is 0 Å². The summed E-state index contributed by atoms with van der Waals surface area (Å²) in [6.07, 6.45) is 4.06. The number of aryl methyl sites for hydroxylation is 2. The van der Waals surface area contributed by atoms with Crippen LogP contribution in [0.15, 0.2) is 82.8 Å². The summed E-state index contributed by atoms with van der Waals surface area (Å²) >= 11 is 0. The minimum Gasteiger partial charge on any atom is -0.507 e. The van der Waals surface area contributed by atoms with Gasteiger partial charge in [0.25, 0.3) is 0 Å². The third-order valence-corrected chi connectivity index (χ3v) is 6.43. The number of phenolic OH excluding ortho intramolecular Hbond substituents is 2. The van der Waals surface area contributed by atoms with Crippen LogP contribution in [0.4, 0.5) is 11.4 Å². The minimum absolute atomic E-state index is 0.190. The molecule has 0 heterocycles. The maximum atomic E-state index is 10.4. The Hall–Kier alpha value is -4.18. The molecule has 0 spiro atoms. The van der Waals surface area contributed by atoms with E-state index in [0.717, 1.165) is 33.6 Å². The Labute approximate surface area is 207 Å². The van der Waals surface area contributed by atoms with Crippen molar-refractivity contribution < 1.29 is 10.2 Å². The molecule has 0 aromatic heterocycles. The lowest BCUT2D eigenvalue weighted by molar-refractivity contribution is 0.474. The van der Waals surface area contributed by atoms with Crippen molar-refractivity contribution in [2.45, 2.75) is 34.1 Å². The van der Waals surface area contributed by atoms with Gasteiger partial charge in [0, 0.05) is 23.6 Å². The highest BCUT2D eigenvalue weighted by Gasteiger charge is 2.07. The predicted molar refractivity (Wildman–Crippen MR) is 145 cm³/mol. The normalized spacial score (nSPS) is 11.5. The molecule has 35 heavy (non-hydrogen) atoms. The van der Waals surface area contributed by atoms with E-state index < -0.39 is 0 Å². The van der Waals surface area contributed by atoms with Crippen LogP contribution in [0.25, 0.3) is 0 Å². The standard InChI is InChI=1S/C31H30N2O2/c1-20-7-5-9-28(22(20)3)32-18-26-16-24(11-13-30(26)34)15-25-12-14-31(35)27(17-25)19-33-29-10-6-8-21(2)23(29)4/h5-14,16-19,34-35H,15H2,1-4H3. The average Bonchev–Trinajstić information content (AvgIpc) is 2.84. The smallest absolute Gasteiger partial charge is 0.124 e. The van der Waals surface area contributed by atoms with E-state index in [1.54, 1.807) is 24.6 Å². The fourth-order valence-corrected chi connectivity index (χ4v) is 3.90. The molecule has 0 amide bonds. The second-order valence-corrected chi connectivity index (χ2v) is 8.92. The third-order valence-electron chi connectivity index (χ3n) is 6.43. The number of phenols is 2. The third kappa shape index (κ3) is 5.67. The van der Waals surface area contributed by atoms with Crippen molar-refractivity contribution >= 4 is 23.8 Å². The molecule has 0 radical (unpaired) electrons. The van der Waals surface area contributed by atoms with Crippen LogP contribution in [-0.2, 0) is 6.42 Å². The summed E-state index contributed by atoms with van der Waals surface area (Å²) in [7, 11) is 0. The van der Waals surface area contributed by atoms with Gasteiger partial charge in [0.15, 0.2) is 0 Å². The highest BCUT2D eigenvalue weighted by Crippen LogP contribution is 2.26. The second-order valence-electron chi connectivity index (χ2n) is 8.92. The molecule has 176 valence electrons. The zero-order valence-electron chi connectivity index (χ0n) is 20.6. The Balaban J connectivity index is 1.57. The van der Waals surface area contributed by atoms with Crippen LogP contribution in [0, 0.1) is 27.7 Å². The van der Waals surface area contributed by atoms with Crippen LogP contribution in [0.1, 0.15) is 44.5 Å². The summed E-state index contributed by atoms with van der Waals surface area (Å²) in [5.74, 6) is 0.379. The molecule has 0 atom stereocenters. The van der Waals surface area contributed by atoms with Crippen LogP contribution in [0.5, 0.6) is 11.5 Å². The van der Waals surface area contributed by atoms with Crippen molar-refractivity contribution in [2.75, 3.05) is 0 Å². The first kappa shape index (κ1) is 24.0. The number of rotatable bonds is 6. The SMILES string of the molecule is Cc1cccc(N=Cc2cc(Cc3ccc(O)c(C=Nc4cccc(C)c4C)c3)ccc2O)c1C. The van der Waals surface area contributed by atoms with Crippen molar-refractivity contribution in [1.29, 1.82) is 0 Å². The van der Waals surface area contributed by atoms with Gasteiger partial charge in [-0.2, -0.15) is 0 Å². The first-order chi connectivity index (χ1) is 16.8. The van der Waals surface area contributed by atoms with Gasteiger partial charge in [0.05, 0.1) is 11.4 Å². The number of hydrogen-bond donors (Lipinski definition) is 2. The van der Waals surface area contributed by atoms with Crippen molar-refractivity contribution in [3.8, 4) is 11.5 Å². The van der Waals surface area contributed by atoms with Gasteiger partial charge >= 0.3 is 0 Å². The van der Waals surface area contributed by atoms with E-state index in [4.69, 9.17) is 0 Å². The lowest BCUT2D eigenvalue weighted by Gasteiger charge is -2.08. The molecular formula is C31H30N2O2. The highest BCUT2D eigenvalue weighted by atomic mass is 16.3. The fraction of sp³-hybridized carbons (Fsp3) is 0.161. The molecule has 0 fully saturated rings. The molecule has 0 saturated carbocycles. The summed E-state index contributed by atoms with van der Waals surface area (Å²) in [4.78, 5) is 9.20. The molecular weight excluding hydrogens is 432 g/mol. The van der Waals surface area contributed by atoms with Crippen molar-refractivity contribution in [1.82, 2.24) is 0 Å². The Morgan fingerprint density at radius 1 is 0.600 bits per heavy atom. The van der Waals surface area contributed by atoms with E-state index in [2.05, 4.69) is 36.0 Å². The topological polar surface area (TPSA) is 65.2 Å². The summed E-state index contributed by atoms with van der Waals surface area (Å²) in [6, 6.07) is 23.1. The molecule has 4 aromatic rings. The zero-order valence-corrected chi connectivity index (χ0v) is 20.6. The van der Waals surface area contributed by atoms with Gasteiger partial charge in [0.2, 0.25) is 0 Å². The maximum absolute atomic E-state index is 10.4. The molecule has 0 aliphatic rings. The molecule has 0 bridgehead atoms. The van der Waals surface area contributed by atoms with Gasteiger partial charge < -0.3 is 10.2 Å². The van der Waals surface area contributed by atoms with E-state index in [9.17, 15) is 10.2 Å². The van der Waals surface area contributed by atoms with Crippen molar-refractivity contribution in [3.05, 3.63) is 117 Å². The number of benzene rings is 4. The van der Waals surface area contributed by atoms with Gasteiger partial charge in [-0.15, -0.1) is 0 Å². The van der Waals surface area contributed by atoms with Crippen LogP contribution < -0.4 is 0 Å². The molecule has 4 aromatic carbocycles. The summed E-state index contributed by atoms with van der Waals surface area (Å²) in [6.45, 7) is 8.21. The van der Waals surface area contributed by atoms with Crippen molar-refractivity contribution in [2.24, 2.45) is 9.98 Å². The van der Waals surface area contributed by atoms with Crippen LogP contribution >= 0.6 is 0 Å².